The fourth-order valence-corrected chi connectivity index (χ4v) is 6.27. The van der Waals surface area contributed by atoms with Gasteiger partial charge in [-0.2, -0.15) is 0 Å². The molecule has 5 nitrogen and oxygen atoms in total. The van der Waals surface area contributed by atoms with Crippen LogP contribution in [-0.2, 0) is 13.5 Å². The van der Waals surface area contributed by atoms with Gasteiger partial charge in [0.2, 0.25) is 0 Å². The molecule has 3 aromatic carbocycles. The molecule has 0 unspecified atom stereocenters. The molecule has 5 heteroatoms. The Balaban J connectivity index is 1.30. The summed E-state index contributed by atoms with van der Waals surface area (Å²) in [4.78, 5) is 21.2. The number of carbonyl (C=O) groups excluding carboxylic acids is 1. The first-order valence-electron chi connectivity index (χ1n) is 13.8. The Hall–Kier alpha value is -3.83. The number of carbonyl (C=O) groups is 1. The van der Waals surface area contributed by atoms with Crippen LogP contribution in [0.5, 0.6) is 0 Å². The van der Waals surface area contributed by atoms with Gasteiger partial charge in [-0.1, -0.05) is 66.7 Å². The molecule has 1 aromatic heterocycles. The molecule has 4 aromatic rings. The summed E-state index contributed by atoms with van der Waals surface area (Å²) in [6, 6.07) is 33.8. The van der Waals surface area contributed by atoms with Gasteiger partial charge < -0.3 is 14.4 Å². The van der Waals surface area contributed by atoms with Crippen molar-refractivity contribution in [2.45, 2.75) is 18.4 Å². The molecule has 0 spiro atoms. The molecule has 194 valence electrons. The number of anilines is 1. The van der Waals surface area contributed by atoms with Crippen LogP contribution in [0.25, 0.3) is 0 Å². The fourth-order valence-electron chi connectivity index (χ4n) is 6.27. The molecule has 2 aliphatic rings. The van der Waals surface area contributed by atoms with E-state index in [2.05, 4.69) is 111 Å². The van der Waals surface area contributed by atoms with E-state index < -0.39 is 0 Å². The summed E-state index contributed by atoms with van der Waals surface area (Å²) in [5.74, 6) is 0.351. The smallest absolute Gasteiger partial charge is 0.254 e. The highest BCUT2D eigenvalue weighted by Gasteiger charge is 2.42. The Morgan fingerprint density at radius 3 is 2.16 bits per heavy atom. The number of benzene rings is 3. The average Bonchev–Trinajstić information content (AvgIpc) is 3.40. The maximum Gasteiger partial charge on any atom is 0.254 e. The van der Waals surface area contributed by atoms with Crippen molar-refractivity contribution in [2.75, 3.05) is 44.2 Å². The first-order valence-corrected chi connectivity index (χ1v) is 13.8. The molecular weight excluding hydrogens is 468 g/mol. The molecular formula is C33H36N4O. The second-order valence-electron chi connectivity index (χ2n) is 10.5. The lowest BCUT2D eigenvalue weighted by atomic mass is 9.80. The van der Waals surface area contributed by atoms with E-state index in [1.165, 1.54) is 22.5 Å². The number of aromatic nitrogens is 1. The molecule has 0 aliphatic carbocycles. The van der Waals surface area contributed by atoms with E-state index in [9.17, 15) is 4.79 Å². The van der Waals surface area contributed by atoms with Gasteiger partial charge in [-0.25, -0.2) is 0 Å². The van der Waals surface area contributed by atoms with Crippen LogP contribution in [0.1, 0.15) is 39.1 Å². The van der Waals surface area contributed by atoms with Gasteiger partial charge in [-0.3, -0.25) is 9.69 Å². The monoisotopic (exact) mass is 504 g/mol. The van der Waals surface area contributed by atoms with Crippen molar-refractivity contribution in [2.24, 2.45) is 7.05 Å². The van der Waals surface area contributed by atoms with Crippen molar-refractivity contribution in [3.63, 3.8) is 0 Å². The number of rotatable bonds is 7. The van der Waals surface area contributed by atoms with Gasteiger partial charge in [-0.15, -0.1) is 0 Å². The van der Waals surface area contributed by atoms with Crippen LogP contribution in [0.4, 0.5) is 5.69 Å². The zero-order valence-corrected chi connectivity index (χ0v) is 22.1. The van der Waals surface area contributed by atoms with Gasteiger partial charge in [-0.05, 0) is 47.9 Å². The van der Waals surface area contributed by atoms with Gasteiger partial charge in [0.05, 0.1) is 6.04 Å². The fraction of sp³-hybridized carbons (Fsp3) is 0.303. The van der Waals surface area contributed by atoms with Crippen molar-refractivity contribution in [3.8, 4) is 0 Å². The molecule has 0 bridgehead atoms. The molecule has 1 amide bonds. The minimum Gasteiger partial charge on any atom is -0.369 e. The average molecular weight is 505 g/mol. The highest BCUT2D eigenvalue weighted by Crippen LogP contribution is 2.43. The molecule has 0 radical (unpaired) electrons. The van der Waals surface area contributed by atoms with Crippen LogP contribution < -0.4 is 4.90 Å². The number of amides is 1. The SMILES string of the molecule is Cn1cccc1[C@@H]1[C@@H](CN2CCN(c3ccccc3)CC2)c2ccccc2C(=O)N1CCc1ccccc1. The summed E-state index contributed by atoms with van der Waals surface area (Å²) in [5.41, 5.74) is 5.81. The lowest BCUT2D eigenvalue weighted by molar-refractivity contribution is 0.0569. The van der Waals surface area contributed by atoms with E-state index in [1.807, 2.05) is 18.2 Å². The molecule has 38 heavy (non-hydrogen) atoms. The van der Waals surface area contributed by atoms with Crippen molar-refractivity contribution in [3.05, 3.63) is 126 Å². The topological polar surface area (TPSA) is 31.7 Å². The lowest BCUT2D eigenvalue weighted by Gasteiger charge is -2.45. The van der Waals surface area contributed by atoms with Crippen molar-refractivity contribution in [1.29, 1.82) is 0 Å². The molecule has 1 saturated heterocycles. The second-order valence-corrected chi connectivity index (χ2v) is 10.5. The summed E-state index contributed by atoms with van der Waals surface area (Å²) in [5, 5.41) is 0. The second kappa shape index (κ2) is 10.9. The predicted octanol–water partition coefficient (Wildman–Crippen LogP) is 5.37. The lowest BCUT2D eigenvalue weighted by Crippen LogP contribution is -2.51. The standard InChI is InChI=1S/C33H36N4O/c1-34-19-10-17-31(34)32-30(25-35-21-23-36(24-22-35)27-13-6-3-7-14-27)28-15-8-9-16-29(28)33(38)37(32)20-18-26-11-4-2-5-12-26/h2-17,19,30,32H,18,20-25H2,1H3/t30-,32-/m0/s1. The van der Waals surface area contributed by atoms with E-state index in [4.69, 9.17) is 0 Å². The summed E-state index contributed by atoms with van der Waals surface area (Å²) in [6.07, 6.45) is 2.95. The molecule has 6 rings (SSSR count). The highest BCUT2D eigenvalue weighted by atomic mass is 16.2. The summed E-state index contributed by atoms with van der Waals surface area (Å²) < 4.78 is 2.20. The normalized spacial score (nSPS) is 20.0. The molecule has 2 atom stereocenters. The first kappa shape index (κ1) is 24.5. The van der Waals surface area contributed by atoms with Gasteiger partial charge in [0, 0.05) is 75.4 Å². The zero-order chi connectivity index (χ0) is 25.9. The van der Waals surface area contributed by atoms with Crippen LogP contribution in [0.15, 0.2) is 103 Å². The van der Waals surface area contributed by atoms with Crippen LogP contribution in [-0.4, -0.2) is 59.5 Å². The largest absolute Gasteiger partial charge is 0.369 e. The van der Waals surface area contributed by atoms with E-state index in [1.54, 1.807) is 0 Å². The molecule has 3 heterocycles. The van der Waals surface area contributed by atoms with Crippen LogP contribution >= 0.6 is 0 Å². The minimum absolute atomic E-state index is 0.00624. The molecule has 0 saturated carbocycles. The quantitative estimate of drug-likeness (QED) is 0.339. The number of hydrogen-bond acceptors (Lipinski definition) is 3. The van der Waals surface area contributed by atoms with E-state index in [-0.39, 0.29) is 17.9 Å². The van der Waals surface area contributed by atoms with Crippen molar-refractivity contribution >= 4 is 11.6 Å². The van der Waals surface area contributed by atoms with E-state index in [0.29, 0.717) is 6.54 Å². The molecule has 2 aliphatic heterocycles. The number of piperazine rings is 1. The third kappa shape index (κ3) is 4.86. The minimum atomic E-state index is -0.00624. The summed E-state index contributed by atoms with van der Waals surface area (Å²) in [6.45, 7) is 5.71. The number of nitrogens with zero attached hydrogens (tertiary/aromatic N) is 4. The predicted molar refractivity (Wildman–Crippen MR) is 154 cm³/mol. The number of aryl methyl sites for hydroxylation is 1. The Kier molecular flexibility index (Phi) is 7.02. The van der Waals surface area contributed by atoms with Crippen molar-refractivity contribution < 1.29 is 4.79 Å². The maximum absolute atomic E-state index is 14.0. The van der Waals surface area contributed by atoms with Crippen LogP contribution in [0, 0.1) is 0 Å². The number of fused-ring (bicyclic) bond motifs is 1. The van der Waals surface area contributed by atoms with E-state index in [0.717, 1.165) is 44.7 Å². The van der Waals surface area contributed by atoms with Gasteiger partial charge >= 0.3 is 0 Å². The third-order valence-electron chi connectivity index (χ3n) is 8.29. The highest BCUT2D eigenvalue weighted by molar-refractivity contribution is 5.97. The van der Waals surface area contributed by atoms with E-state index >= 15 is 0 Å². The maximum atomic E-state index is 14.0. The van der Waals surface area contributed by atoms with Crippen LogP contribution in [0.3, 0.4) is 0 Å². The Labute approximate surface area is 225 Å². The Morgan fingerprint density at radius 2 is 1.45 bits per heavy atom. The third-order valence-corrected chi connectivity index (χ3v) is 8.29. The van der Waals surface area contributed by atoms with Gasteiger partial charge in [0.1, 0.15) is 0 Å². The summed E-state index contributed by atoms with van der Waals surface area (Å²) >= 11 is 0. The van der Waals surface area contributed by atoms with Gasteiger partial charge in [0.15, 0.2) is 0 Å². The Morgan fingerprint density at radius 1 is 0.763 bits per heavy atom. The number of hydrogen-bond donors (Lipinski definition) is 0. The first-order chi connectivity index (χ1) is 18.7. The van der Waals surface area contributed by atoms with Crippen LogP contribution in [0.2, 0.25) is 0 Å². The molecule has 0 N–H and O–H groups in total. The summed E-state index contributed by atoms with van der Waals surface area (Å²) in [7, 11) is 2.10. The number of para-hydroxylation sites is 1. The zero-order valence-electron chi connectivity index (χ0n) is 22.1. The molecule has 1 fully saturated rings. The Bertz CT molecular complexity index is 1360. The van der Waals surface area contributed by atoms with Crippen molar-refractivity contribution in [1.82, 2.24) is 14.4 Å². The van der Waals surface area contributed by atoms with Gasteiger partial charge in [0.25, 0.3) is 5.91 Å².